The molecular weight excluding hydrogens is 335 g/mol. The summed E-state index contributed by atoms with van der Waals surface area (Å²) in [6.45, 7) is 0.640. The number of likely N-dealkylation sites (N-methyl/N-ethyl adjacent to an activating group) is 1. The fourth-order valence-corrected chi connectivity index (χ4v) is 2.92. The van der Waals surface area contributed by atoms with Crippen LogP contribution < -0.4 is 10.2 Å². The molecule has 1 saturated heterocycles. The number of aromatic nitrogens is 2. The molecule has 1 atom stereocenters. The van der Waals surface area contributed by atoms with Gasteiger partial charge in [0.05, 0.1) is 19.4 Å². The summed E-state index contributed by atoms with van der Waals surface area (Å²) in [6, 6.07) is 3.04. The van der Waals surface area contributed by atoms with Crippen molar-refractivity contribution in [2.45, 2.75) is 18.9 Å². The molecule has 0 saturated carbocycles. The van der Waals surface area contributed by atoms with E-state index >= 15 is 0 Å². The number of carbonyl (C=O) groups excluding carboxylic acids is 1. The van der Waals surface area contributed by atoms with Gasteiger partial charge in [0.15, 0.2) is 0 Å². The lowest BCUT2D eigenvalue weighted by molar-refractivity contribution is -0.138. The van der Waals surface area contributed by atoms with Crippen molar-refractivity contribution in [1.29, 1.82) is 0 Å². The molecule has 1 aliphatic heterocycles. The topological polar surface area (TPSA) is 74.5 Å². The van der Waals surface area contributed by atoms with Crippen LogP contribution in [-0.2, 0) is 12.7 Å². The molecule has 1 N–H and O–H groups in total. The lowest BCUT2D eigenvalue weighted by Gasteiger charge is -2.20. The first kappa shape index (κ1) is 15.7. The maximum absolute atomic E-state index is 12.7. The van der Waals surface area contributed by atoms with E-state index in [-0.39, 0.29) is 5.13 Å². The van der Waals surface area contributed by atoms with E-state index in [2.05, 4.69) is 15.5 Å². The van der Waals surface area contributed by atoms with Crippen LogP contribution in [0.25, 0.3) is 0 Å². The second kappa shape index (κ2) is 5.81. The predicted molar refractivity (Wildman–Crippen MR) is 74.8 cm³/mol. The van der Waals surface area contributed by atoms with E-state index in [1.54, 1.807) is 19.2 Å². The normalized spacial score (nSPS) is 19.0. The summed E-state index contributed by atoms with van der Waals surface area (Å²) in [6.07, 6.45) is -3.59. The highest BCUT2D eigenvalue weighted by Crippen LogP contribution is 2.35. The van der Waals surface area contributed by atoms with Crippen molar-refractivity contribution in [2.24, 2.45) is 0 Å². The van der Waals surface area contributed by atoms with Gasteiger partial charge in [0, 0.05) is 7.05 Å². The molecule has 3 heterocycles. The highest BCUT2D eigenvalue weighted by Gasteiger charge is 2.41. The molecule has 1 aliphatic rings. The standard InChI is InChI=1S/C12H12F3N5O2S/c1-19-6-8(16-5-7-3-2-4-22-7)20(11(19)21)10-18-17-9(23-10)12(13,14)15/h2-4,8,16H,5-6H2,1H3. The summed E-state index contributed by atoms with van der Waals surface area (Å²) in [5, 5.41) is 8.52. The van der Waals surface area contributed by atoms with Crippen LogP contribution >= 0.6 is 11.3 Å². The molecule has 7 nitrogen and oxygen atoms in total. The van der Waals surface area contributed by atoms with Gasteiger partial charge in [0.2, 0.25) is 10.1 Å². The van der Waals surface area contributed by atoms with Gasteiger partial charge in [-0.1, -0.05) is 11.3 Å². The van der Waals surface area contributed by atoms with Gasteiger partial charge < -0.3 is 9.32 Å². The number of anilines is 1. The average molecular weight is 347 g/mol. The number of carbonyl (C=O) groups is 1. The number of hydrogen-bond acceptors (Lipinski definition) is 6. The smallest absolute Gasteiger partial charge is 0.445 e. The number of hydrogen-bond donors (Lipinski definition) is 1. The van der Waals surface area contributed by atoms with Crippen molar-refractivity contribution in [3.05, 3.63) is 29.2 Å². The van der Waals surface area contributed by atoms with Gasteiger partial charge in [-0.05, 0) is 12.1 Å². The van der Waals surface area contributed by atoms with Crippen molar-refractivity contribution < 1.29 is 22.4 Å². The number of rotatable bonds is 4. The average Bonchev–Trinajstić information content (AvgIpc) is 3.18. The molecule has 2 amide bonds. The fraction of sp³-hybridized carbons (Fsp3) is 0.417. The van der Waals surface area contributed by atoms with Crippen molar-refractivity contribution in [3.63, 3.8) is 0 Å². The van der Waals surface area contributed by atoms with E-state index in [1.807, 2.05) is 0 Å². The SMILES string of the molecule is CN1CC(NCc2ccco2)N(c2nnc(C(F)(F)F)s2)C1=O. The third-order valence-electron chi connectivity index (χ3n) is 3.25. The van der Waals surface area contributed by atoms with Gasteiger partial charge in [-0.15, -0.1) is 10.2 Å². The number of alkyl halides is 3. The Hall–Kier alpha value is -2.14. The highest BCUT2D eigenvalue weighted by molar-refractivity contribution is 7.15. The summed E-state index contributed by atoms with van der Waals surface area (Å²) >= 11 is 0.338. The Labute approximate surface area is 132 Å². The van der Waals surface area contributed by atoms with E-state index in [0.29, 0.717) is 30.2 Å². The molecule has 124 valence electrons. The molecule has 0 aliphatic carbocycles. The molecule has 0 aromatic carbocycles. The maximum atomic E-state index is 12.7. The number of amides is 2. The second-order valence-electron chi connectivity index (χ2n) is 4.90. The monoisotopic (exact) mass is 347 g/mol. The Morgan fingerprint density at radius 3 is 2.87 bits per heavy atom. The van der Waals surface area contributed by atoms with Gasteiger partial charge in [0.1, 0.15) is 11.9 Å². The van der Waals surface area contributed by atoms with E-state index in [4.69, 9.17) is 4.42 Å². The predicted octanol–water partition coefficient (Wildman–Crippen LogP) is 2.14. The van der Waals surface area contributed by atoms with Crippen LogP contribution in [0.3, 0.4) is 0 Å². The summed E-state index contributed by atoms with van der Waals surface area (Å²) < 4.78 is 43.2. The minimum absolute atomic E-state index is 0.0939. The number of halogens is 3. The van der Waals surface area contributed by atoms with Crippen LogP contribution in [0.5, 0.6) is 0 Å². The third-order valence-corrected chi connectivity index (χ3v) is 4.21. The van der Waals surface area contributed by atoms with Crippen LogP contribution in [0.15, 0.2) is 22.8 Å². The first-order valence-corrected chi connectivity index (χ1v) is 7.38. The number of nitrogens with one attached hydrogen (secondary N) is 1. The first-order chi connectivity index (χ1) is 10.9. The van der Waals surface area contributed by atoms with Gasteiger partial charge in [0.25, 0.3) is 0 Å². The summed E-state index contributed by atoms with van der Waals surface area (Å²) in [4.78, 5) is 14.8. The summed E-state index contributed by atoms with van der Waals surface area (Å²) in [5.41, 5.74) is 0. The molecule has 2 aromatic heterocycles. The van der Waals surface area contributed by atoms with Crippen LogP contribution in [-0.4, -0.2) is 40.9 Å². The molecule has 0 bridgehead atoms. The molecule has 23 heavy (non-hydrogen) atoms. The maximum Gasteiger partial charge on any atom is 0.445 e. The zero-order valence-electron chi connectivity index (χ0n) is 11.9. The Bertz CT molecular complexity index is 687. The van der Waals surface area contributed by atoms with Crippen LogP contribution in [0.2, 0.25) is 0 Å². The van der Waals surface area contributed by atoms with Gasteiger partial charge in [-0.2, -0.15) is 13.2 Å². The van der Waals surface area contributed by atoms with Gasteiger partial charge >= 0.3 is 12.2 Å². The fourth-order valence-electron chi connectivity index (χ4n) is 2.17. The lowest BCUT2D eigenvalue weighted by atomic mass is 10.4. The molecule has 11 heteroatoms. The minimum atomic E-state index is -4.58. The van der Waals surface area contributed by atoms with Crippen molar-refractivity contribution in [3.8, 4) is 0 Å². The van der Waals surface area contributed by atoms with E-state index < -0.39 is 23.4 Å². The van der Waals surface area contributed by atoms with Crippen molar-refractivity contribution >= 4 is 22.5 Å². The third kappa shape index (κ3) is 3.15. The molecule has 1 fully saturated rings. The molecule has 1 unspecified atom stereocenters. The second-order valence-corrected chi connectivity index (χ2v) is 5.85. The van der Waals surface area contributed by atoms with Gasteiger partial charge in [-0.3, -0.25) is 10.2 Å². The van der Waals surface area contributed by atoms with Gasteiger partial charge in [-0.25, -0.2) is 4.79 Å². The summed E-state index contributed by atoms with van der Waals surface area (Å²) in [7, 11) is 1.57. The van der Waals surface area contributed by atoms with Crippen LogP contribution in [0.1, 0.15) is 10.8 Å². The van der Waals surface area contributed by atoms with E-state index in [9.17, 15) is 18.0 Å². The zero-order valence-corrected chi connectivity index (χ0v) is 12.7. The molecular formula is C12H12F3N5O2S. The number of furan rings is 1. The highest BCUT2D eigenvalue weighted by atomic mass is 32.1. The Morgan fingerprint density at radius 1 is 1.48 bits per heavy atom. The van der Waals surface area contributed by atoms with Crippen LogP contribution in [0.4, 0.5) is 23.1 Å². The Morgan fingerprint density at radius 2 is 2.26 bits per heavy atom. The number of urea groups is 1. The molecule has 0 spiro atoms. The first-order valence-electron chi connectivity index (χ1n) is 6.57. The van der Waals surface area contributed by atoms with Crippen molar-refractivity contribution in [1.82, 2.24) is 20.4 Å². The number of nitrogens with zero attached hydrogens (tertiary/aromatic N) is 4. The Kier molecular flexibility index (Phi) is 3.98. The van der Waals surface area contributed by atoms with Crippen molar-refractivity contribution in [2.75, 3.05) is 18.5 Å². The van der Waals surface area contributed by atoms with E-state index in [0.717, 1.165) is 0 Å². The molecule has 3 rings (SSSR count). The Balaban J connectivity index is 1.79. The van der Waals surface area contributed by atoms with Crippen LogP contribution in [0, 0.1) is 0 Å². The quantitative estimate of drug-likeness (QED) is 0.917. The largest absolute Gasteiger partial charge is 0.468 e. The zero-order chi connectivity index (χ0) is 16.6. The molecule has 0 radical (unpaired) electrons. The lowest BCUT2D eigenvalue weighted by Crippen LogP contribution is -2.44. The van der Waals surface area contributed by atoms with E-state index in [1.165, 1.54) is 16.1 Å². The molecule has 2 aromatic rings. The summed E-state index contributed by atoms with van der Waals surface area (Å²) in [5.74, 6) is 0.653. The minimum Gasteiger partial charge on any atom is -0.468 e.